The molecule has 0 unspecified atom stereocenters. The van der Waals surface area contributed by atoms with Crippen molar-refractivity contribution in [1.29, 1.82) is 0 Å². The molecule has 0 spiro atoms. The first-order valence-electron chi connectivity index (χ1n) is 6.12. The van der Waals surface area contributed by atoms with Gasteiger partial charge in [-0.25, -0.2) is 14.8 Å². The van der Waals surface area contributed by atoms with Crippen LogP contribution in [-0.4, -0.2) is 27.6 Å². The molecule has 0 bridgehead atoms. The molecule has 0 aliphatic carbocycles. The third kappa shape index (κ3) is 2.27. The zero-order valence-corrected chi connectivity index (χ0v) is 10.3. The van der Waals surface area contributed by atoms with Crippen molar-refractivity contribution >= 4 is 11.8 Å². The highest BCUT2D eigenvalue weighted by Gasteiger charge is 2.18. The Kier molecular flexibility index (Phi) is 2.87. The van der Waals surface area contributed by atoms with E-state index >= 15 is 0 Å². The molecular weight excluding hydrogens is 242 g/mol. The molecule has 5 nitrogen and oxygen atoms in total. The molecule has 2 aromatic rings. The zero-order chi connectivity index (χ0) is 13.2. The van der Waals surface area contributed by atoms with E-state index in [0.717, 1.165) is 19.5 Å². The quantitative estimate of drug-likeness (QED) is 0.885. The first kappa shape index (κ1) is 11.6. The largest absolute Gasteiger partial charge is 0.475 e. The van der Waals surface area contributed by atoms with Crippen LogP contribution in [0.2, 0.25) is 0 Å². The molecule has 0 atom stereocenters. The number of carboxylic acid groups (broad SMARTS) is 1. The summed E-state index contributed by atoms with van der Waals surface area (Å²) in [5.41, 5.74) is 2.62. The minimum atomic E-state index is -1.10. The number of rotatable bonds is 2. The van der Waals surface area contributed by atoms with Gasteiger partial charge in [0, 0.05) is 19.3 Å². The molecule has 19 heavy (non-hydrogen) atoms. The van der Waals surface area contributed by atoms with Crippen LogP contribution in [0.3, 0.4) is 0 Å². The Hall–Kier alpha value is -2.43. The van der Waals surface area contributed by atoms with Gasteiger partial charge in [0.05, 0.1) is 0 Å². The number of nitrogens with zero attached hydrogens (tertiary/aromatic N) is 3. The number of anilines is 1. The summed E-state index contributed by atoms with van der Waals surface area (Å²) in [6, 6.07) is 10.0. The van der Waals surface area contributed by atoms with Crippen molar-refractivity contribution in [2.75, 3.05) is 11.4 Å². The summed E-state index contributed by atoms with van der Waals surface area (Å²) < 4.78 is 0. The van der Waals surface area contributed by atoms with Crippen molar-refractivity contribution in [2.45, 2.75) is 13.0 Å². The second kappa shape index (κ2) is 4.68. The van der Waals surface area contributed by atoms with Crippen molar-refractivity contribution in [2.24, 2.45) is 0 Å². The van der Waals surface area contributed by atoms with Gasteiger partial charge < -0.3 is 10.0 Å². The van der Waals surface area contributed by atoms with Crippen molar-refractivity contribution in [1.82, 2.24) is 9.97 Å². The number of aromatic nitrogens is 2. The topological polar surface area (TPSA) is 66.3 Å². The number of benzene rings is 1. The molecule has 1 aromatic carbocycles. The van der Waals surface area contributed by atoms with E-state index in [1.807, 2.05) is 12.1 Å². The Bertz CT molecular complexity index is 628. The van der Waals surface area contributed by atoms with Crippen LogP contribution in [0.5, 0.6) is 0 Å². The zero-order valence-electron chi connectivity index (χ0n) is 10.3. The molecule has 2 heterocycles. The van der Waals surface area contributed by atoms with Gasteiger partial charge >= 0.3 is 5.97 Å². The van der Waals surface area contributed by atoms with Crippen LogP contribution >= 0.6 is 0 Å². The van der Waals surface area contributed by atoms with Crippen molar-refractivity contribution in [3.63, 3.8) is 0 Å². The number of carbonyl (C=O) groups is 1. The lowest BCUT2D eigenvalue weighted by atomic mass is 10.00. The van der Waals surface area contributed by atoms with E-state index < -0.39 is 5.97 Å². The highest BCUT2D eigenvalue weighted by Crippen LogP contribution is 2.22. The molecule has 1 aliphatic rings. The van der Waals surface area contributed by atoms with E-state index in [-0.39, 0.29) is 5.82 Å². The van der Waals surface area contributed by atoms with Crippen LogP contribution in [-0.2, 0) is 13.0 Å². The average molecular weight is 255 g/mol. The smallest absolute Gasteiger partial charge is 0.374 e. The molecule has 3 rings (SSSR count). The fourth-order valence-electron chi connectivity index (χ4n) is 2.32. The van der Waals surface area contributed by atoms with E-state index in [0.29, 0.717) is 5.82 Å². The Morgan fingerprint density at radius 3 is 2.79 bits per heavy atom. The van der Waals surface area contributed by atoms with E-state index in [9.17, 15) is 4.79 Å². The SMILES string of the molecule is O=C(O)c1nccc(N2CCc3ccccc3C2)n1. The summed E-state index contributed by atoms with van der Waals surface area (Å²) in [5.74, 6) is -0.586. The molecule has 1 aromatic heterocycles. The lowest BCUT2D eigenvalue weighted by Crippen LogP contribution is -2.31. The summed E-state index contributed by atoms with van der Waals surface area (Å²) in [6.07, 6.45) is 2.44. The molecule has 1 N–H and O–H groups in total. The second-order valence-electron chi connectivity index (χ2n) is 4.48. The fourth-order valence-corrected chi connectivity index (χ4v) is 2.32. The second-order valence-corrected chi connectivity index (χ2v) is 4.48. The molecule has 0 fully saturated rings. The van der Waals surface area contributed by atoms with Gasteiger partial charge in [-0.1, -0.05) is 24.3 Å². The standard InChI is InChI=1S/C14H13N3O2/c18-14(19)13-15-7-5-12(16-13)17-8-6-10-3-1-2-4-11(10)9-17/h1-5,7H,6,8-9H2,(H,18,19). The van der Waals surface area contributed by atoms with Crippen LogP contribution < -0.4 is 4.90 Å². The Labute approximate surface area is 110 Å². The fraction of sp³-hybridized carbons (Fsp3) is 0.214. The van der Waals surface area contributed by atoms with Gasteiger partial charge in [0.25, 0.3) is 0 Å². The van der Waals surface area contributed by atoms with E-state index in [4.69, 9.17) is 5.11 Å². The summed E-state index contributed by atoms with van der Waals surface area (Å²) in [6.45, 7) is 1.60. The van der Waals surface area contributed by atoms with Crippen molar-refractivity contribution in [3.8, 4) is 0 Å². The van der Waals surface area contributed by atoms with E-state index in [1.165, 1.54) is 17.3 Å². The van der Waals surface area contributed by atoms with Crippen LogP contribution in [0, 0.1) is 0 Å². The highest BCUT2D eigenvalue weighted by molar-refractivity contribution is 5.83. The Morgan fingerprint density at radius 1 is 1.21 bits per heavy atom. The van der Waals surface area contributed by atoms with E-state index in [1.54, 1.807) is 6.07 Å². The summed E-state index contributed by atoms with van der Waals surface area (Å²) in [4.78, 5) is 20.8. The average Bonchev–Trinajstić information content (AvgIpc) is 2.47. The summed E-state index contributed by atoms with van der Waals surface area (Å²) in [5, 5.41) is 8.92. The van der Waals surface area contributed by atoms with Gasteiger partial charge in [-0.2, -0.15) is 0 Å². The number of aromatic carboxylic acids is 1. The van der Waals surface area contributed by atoms with Gasteiger partial charge in [0.15, 0.2) is 0 Å². The van der Waals surface area contributed by atoms with Crippen LogP contribution in [0.25, 0.3) is 0 Å². The third-order valence-corrected chi connectivity index (χ3v) is 3.29. The van der Waals surface area contributed by atoms with Gasteiger partial charge in [0.1, 0.15) is 5.82 Å². The van der Waals surface area contributed by atoms with Gasteiger partial charge in [-0.15, -0.1) is 0 Å². The van der Waals surface area contributed by atoms with Crippen molar-refractivity contribution < 1.29 is 9.90 Å². The van der Waals surface area contributed by atoms with Gasteiger partial charge in [-0.3, -0.25) is 0 Å². The summed E-state index contributed by atoms with van der Waals surface area (Å²) >= 11 is 0. The monoisotopic (exact) mass is 255 g/mol. The van der Waals surface area contributed by atoms with Gasteiger partial charge in [0.2, 0.25) is 5.82 Å². The van der Waals surface area contributed by atoms with Crippen LogP contribution in [0.4, 0.5) is 5.82 Å². The number of hydrogen-bond acceptors (Lipinski definition) is 4. The Morgan fingerprint density at radius 2 is 2.00 bits per heavy atom. The summed E-state index contributed by atoms with van der Waals surface area (Å²) in [7, 11) is 0. The Balaban J connectivity index is 1.89. The minimum Gasteiger partial charge on any atom is -0.475 e. The number of fused-ring (bicyclic) bond motifs is 1. The van der Waals surface area contributed by atoms with E-state index in [2.05, 4.69) is 27.0 Å². The van der Waals surface area contributed by atoms with Crippen molar-refractivity contribution in [3.05, 3.63) is 53.5 Å². The predicted molar refractivity (Wildman–Crippen MR) is 70.2 cm³/mol. The maximum Gasteiger partial charge on any atom is 0.374 e. The van der Waals surface area contributed by atoms with Crippen LogP contribution in [0.1, 0.15) is 21.7 Å². The molecule has 0 radical (unpaired) electrons. The number of hydrogen-bond donors (Lipinski definition) is 1. The first-order valence-corrected chi connectivity index (χ1v) is 6.12. The van der Waals surface area contributed by atoms with Gasteiger partial charge in [-0.05, 0) is 23.6 Å². The minimum absolute atomic E-state index is 0.156. The maximum absolute atomic E-state index is 10.9. The molecular formula is C14H13N3O2. The van der Waals surface area contributed by atoms with Crippen LogP contribution in [0.15, 0.2) is 36.5 Å². The molecule has 5 heteroatoms. The molecule has 0 saturated heterocycles. The number of carboxylic acids is 1. The normalized spacial score (nSPS) is 14.0. The molecule has 0 saturated carbocycles. The lowest BCUT2D eigenvalue weighted by Gasteiger charge is -2.29. The third-order valence-electron chi connectivity index (χ3n) is 3.29. The first-order chi connectivity index (χ1) is 9.24. The lowest BCUT2D eigenvalue weighted by molar-refractivity contribution is 0.0683. The molecule has 1 aliphatic heterocycles. The maximum atomic E-state index is 10.9. The molecule has 96 valence electrons. The predicted octanol–water partition coefficient (Wildman–Crippen LogP) is 1.74. The highest BCUT2D eigenvalue weighted by atomic mass is 16.4. The molecule has 0 amide bonds.